The largest absolute Gasteiger partial charge is 0.480 e. The van der Waals surface area contributed by atoms with Gasteiger partial charge in [-0.1, -0.05) is 6.92 Å². The molecule has 5 nitrogen and oxygen atoms in total. The van der Waals surface area contributed by atoms with E-state index < -0.39 is 18.1 Å². The van der Waals surface area contributed by atoms with E-state index in [1.54, 1.807) is 0 Å². The highest BCUT2D eigenvalue weighted by Crippen LogP contribution is 2.07. The predicted octanol–water partition coefficient (Wildman–Crippen LogP) is -0.0843. The van der Waals surface area contributed by atoms with Crippen LogP contribution in [-0.2, 0) is 4.79 Å². The maximum absolute atomic E-state index is 10.8. The molecular weight excluding hydrogens is 230 g/mol. The molecule has 0 fully saturated rings. The number of carboxylic acids is 1. The molecule has 0 spiro atoms. The Bertz CT molecular complexity index is 192. The summed E-state index contributed by atoms with van der Waals surface area (Å²) in [5.41, 5.74) is 0. The van der Waals surface area contributed by atoms with Crippen LogP contribution in [-0.4, -0.2) is 58.1 Å². The number of thioether (sulfide) groups is 1. The lowest BCUT2D eigenvalue weighted by Crippen LogP contribution is -2.37. The molecule has 0 bridgehead atoms. The van der Waals surface area contributed by atoms with E-state index in [9.17, 15) is 4.79 Å². The summed E-state index contributed by atoms with van der Waals surface area (Å²) in [6, 6.07) is -0.515. The van der Waals surface area contributed by atoms with E-state index >= 15 is 0 Å². The molecule has 96 valence electrons. The van der Waals surface area contributed by atoms with Crippen molar-refractivity contribution in [1.82, 2.24) is 5.32 Å². The third kappa shape index (κ3) is 7.92. The molecule has 0 radical (unpaired) electrons. The van der Waals surface area contributed by atoms with Crippen LogP contribution in [0.2, 0.25) is 0 Å². The van der Waals surface area contributed by atoms with E-state index in [1.165, 1.54) is 11.8 Å². The van der Waals surface area contributed by atoms with E-state index in [4.69, 9.17) is 15.3 Å². The topological polar surface area (TPSA) is 89.8 Å². The van der Waals surface area contributed by atoms with Gasteiger partial charge in [0.15, 0.2) is 0 Å². The van der Waals surface area contributed by atoms with E-state index in [-0.39, 0.29) is 6.61 Å². The van der Waals surface area contributed by atoms with Gasteiger partial charge in [-0.2, -0.15) is 11.8 Å². The first-order valence-electron chi connectivity index (χ1n) is 5.44. The zero-order valence-corrected chi connectivity index (χ0v) is 10.4. The van der Waals surface area contributed by atoms with E-state index in [1.807, 2.05) is 6.92 Å². The molecule has 0 aliphatic rings. The minimum atomic E-state index is -0.836. The van der Waals surface area contributed by atoms with Gasteiger partial charge in [-0.25, -0.2) is 0 Å². The molecule has 0 saturated heterocycles. The zero-order chi connectivity index (χ0) is 12.4. The Kier molecular flexibility index (Phi) is 9.71. The Morgan fingerprint density at radius 3 is 2.69 bits per heavy atom. The molecular formula is C10H21NO4S. The van der Waals surface area contributed by atoms with Crippen molar-refractivity contribution < 1.29 is 20.1 Å². The Morgan fingerprint density at radius 2 is 2.19 bits per heavy atom. The Labute approximate surface area is 100 Å². The van der Waals surface area contributed by atoms with E-state index in [0.717, 1.165) is 6.42 Å². The highest BCUT2D eigenvalue weighted by atomic mass is 32.2. The standard InChI is InChI=1S/C10H21NO4S/c1-2-4-11-9(10(14)15)3-5-16-7-8(13)6-12/h8-9,11-13H,2-7H2,1H3,(H,14,15). The van der Waals surface area contributed by atoms with Crippen LogP contribution in [0.1, 0.15) is 19.8 Å². The van der Waals surface area contributed by atoms with Crippen molar-refractivity contribution in [3.63, 3.8) is 0 Å². The van der Waals surface area contributed by atoms with E-state index in [2.05, 4.69) is 5.32 Å². The van der Waals surface area contributed by atoms with Gasteiger partial charge in [-0.3, -0.25) is 4.79 Å². The molecule has 2 unspecified atom stereocenters. The molecule has 16 heavy (non-hydrogen) atoms. The van der Waals surface area contributed by atoms with Crippen molar-refractivity contribution in [2.75, 3.05) is 24.7 Å². The first kappa shape index (κ1) is 15.7. The van der Waals surface area contributed by atoms with Crippen LogP contribution in [0, 0.1) is 0 Å². The van der Waals surface area contributed by atoms with Gasteiger partial charge in [0.25, 0.3) is 0 Å². The third-order valence-corrected chi connectivity index (χ3v) is 3.16. The average Bonchev–Trinajstić information content (AvgIpc) is 2.27. The lowest BCUT2D eigenvalue weighted by molar-refractivity contribution is -0.139. The van der Waals surface area contributed by atoms with Crippen LogP contribution in [0.15, 0.2) is 0 Å². The van der Waals surface area contributed by atoms with Gasteiger partial charge >= 0.3 is 5.97 Å². The molecule has 4 N–H and O–H groups in total. The minimum absolute atomic E-state index is 0.247. The van der Waals surface area contributed by atoms with Crippen molar-refractivity contribution in [1.29, 1.82) is 0 Å². The van der Waals surface area contributed by atoms with Gasteiger partial charge in [-0.15, -0.1) is 0 Å². The van der Waals surface area contributed by atoms with Crippen LogP contribution in [0.25, 0.3) is 0 Å². The number of aliphatic carboxylic acids is 1. The van der Waals surface area contributed by atoms with Crippen molar-refractivity contribution in [2.24, 2.45) is 0 Å². The van der Waals surface area contributed by atoms with Crippen LogP contribution >= 0.6 is 11.8 Å². The number of nitrogens with one attached hydrogen (secondary N) is 1. The fraction of sp³-hybridized carbons (Fsp3) is 0.900. The summed E-state index contributed by atoms with van der Waals surface area (Å²) in [6.45, 7) is 2.43. The smallest absolute Gasteiger partial charge is 0.320 e. The van der Waals surface area contributed by atoms with E-state index in [0.29, 0.717) is 24.5 Å². The SMILES string of the molecule is CCCNC(CCSCC(O)CO)C(=O)O. The first-order valence-corrected chi connectivity index (χ1v) is 6.60. The number of carbonyl (C=O) groups is 1. The summed E-state index contributed by atoms with van der Waals surface area (Å²) >= 11 is 1.45. The van der Waals surface area contributed by atoms with Gasteiger partial charge in [0, 0.05) is 5.75 Å². The van der Waals surface area contributed by atoms with Gasteiger partial charge in [0.1, 0.15) is 6.04 Å². The van der Waals surface area contributed by atoms with Crippen LogP contribution in [0.3, 0.4) is 0 Å². The van der Waals surface area contributed by atoms with Gasteiger partial charge in [-0.05, 0) is 25.1 Å². The monoisotopic (exact) mass is 251 g/mol. The second-order valence-corrected chi connectivity index (χ2v) is 4.69. The third-order valence-electron chi connectivity index (χ3n) is 2.01. The van der Waals surface area contributed by atoms with Crippen molar-refractivity contribution in [3.8, 4) is 0 Å². The number of aliphatic hydroxyl groups excluding tert-OH is 2. The summed E-state index contributed by atoms with van der Waals surface area (Å²) in [5, 5.41) is 29.5. The van der Waals surface area contributed by atoms with Gasteiger partial charge in [0.2, 0.25) is 0 Å². The lowest BCUT2D eigenvalue weighted by Gasteiger charge is -2.13. The second-order valence-electron chi connectivity index (χ2n) is 3.54. The number of carboxylic acid groups (broad SMARTS) is 1. The number of aliphatic hydroxyl groups is 2. The fourth-order valence-electron chi connectivity index (χ4n) is 1.10. The van der Waals surface area contributed by atoms with Crippen molar-refractivity contribution in [2.45, 2.75) is 31.9 Å². The molecule has 0 aromatic rings. The van der Waals surface area contributed by atoms with Crippen LogP contribution in [0.4, 0.5) is 0 Å². The fourth-order valence-corrected chi connectivity index (χ4v) is 2.05. The van der Waals surface area contributed by atoms with Crippen LogP contribution < -0.4 is 5.32 Å². The molecule has 6 heteroatoms. The number of hydrogen-bond acceptors (Lipinski definition) is 5. The quantitative estimate of drug-likeness (QED) is 0.406. The molecule has 0 rings (SSSR count). The Balaban J connectivity index is 3.64. The minimum Gasteiger partial charge on any atom is -0.480 e. The summed E-state index contributed by atoms with van der Waals surface area (Å²) in [4.78, 5) is 10.8. The summed E-state index contributed by atoms with van der Waals surface area (Å²) in [6.07, 6.45) is 0.718. The summed E-state index contributed by atoms with van der Waals surface area (Å²) in [7, 11) is 0. The first-order chi connectivity index (χ1) is 7.61. The number of hydrogen-bond donors (Lipinski definition) is 4. The Morgan fingerprint density at radius 1 is 1.50 bits per heavy atom. The molecule has 0 saturated carbocycles. The predicted molar refractivity (Wildman–Crippen MR) is 64.8 cm³/mol. The van der Waals surface area contributed by atoms with Gasteiger partial charge < -0.3 is 20.6 Å². The molecule has 0 amide bonds. The van der Waals surface area contributed by atoms with Gasteiger partial charge in [0.05, 0.1) is 12.7 Å². The zero-order valence-electron chi connectivity index (χ0n) is 9.56. The average molecular weight is 251 g/mol. The molecule has 0 aliphatic carbocycles. The molecule has 2 atom stereocenters. The summed E-state index contributed by atoms with van der Waals surface area (Å²) < 4.78 is 0. The normalized spacial score (nSPS) is 14.7. The Hall–Kier alpha value is -0.300. The highest BCUT2D eigenvalue weighted by molar-refractivity contribution is 7.99. The second kappa shape index (κ2) is 9.89. The maximum atomic E-state index is 10.8. The molecule has 0 aromatic carbocycles. The maximum Gasteiger partial charge on any atom is 0.320 e. The molecule has 0 aromatic heterocycles. The van der Waals surface area contributed by atoms with Crippen LogP contribution in [0.5, 0.6) is 0 Å². The molecule has 0 heterocycles. The number of rotatable bonds is 10. The lowest BCUT2D eigenvalue weighted by atomic mass is 10.2. The highest BCUT2D eigenvalue weighted by Gasteiger charge is 2.15. The van der Waals surface area contributed by atoms with Crippen molar-refractivity contribution >= 4 is 17.7 Å². The molecule has 0 aliphatic heterocycles. The summed E-state index contributed by atoms with van der Waals surface area (Å²) in [5.74, 6) is 0.262. The van der Waals surface area contributed by atoms with Crippen molar-refractivity contribution in [3.05, 3.63) is 0 Å².